The molecule has 5 nitrogen and oxygen atoms in total. The maximum atomic E-state index is 12.9. The summed E-state index contributed by atoms with van der Waals surface area (Å²) in [7, 11) is -3.71. The normalized spacial score (nSPS) is 18.0. The molecule has 0 saturated heterocycles. The number of nitrogens with one attached hydrogen (secondary N) is 1. The molecule has 0 aromatic heterocycles. The summed E-state index contributed by atoms with van der Waals surface area (Å²) in [6.45, 7) is 5.50. The van der Waals surface area contributed by atoms with Crippen molar-refractivity contribution in [3.05, 3.63) is 36.4 Å². The van der Waals surface area contributed by atoms with Gasteiger partial charge in [-0.2, -0.15) is 0 Å². The molecule has 3 rings (SSSR count). The lowest BCUT2D eigenvalue weighted by Gasteiger charge is -2.26. The largest absolute Gasteiger partial charge is 0.352 e. The Kier molecular flexibility index (Phi) is 3.80. The lowest BCUT2D eigenvalue weighted by Crippen LogP contribution is -2.48. The van der Waals surface area contributed by atoms with E-state index in [0.717, 1.165) is 11.8 Å². The molecule has 2 aromatic carbocycles. The Morgan fingerprint density at radius 3 is 2.48 bits per heavy atom. The van der Waals surface area contributed by atoms with Gasteiger partial charge in [0, 0.05) is 11.4 Å². The van der Waals surface area contributed by atoms with E-state index < -0.39 is 16.1 Å². The fourth-order valence-corrected chi connectivity index (χ4v) is 4.78. The van der Waals surface area contributed by atoms with Gasteiger partial charge < -0.3 is 5.32 Å². The van der Waals surface area contributed by atoms with Crippen LogP contribution < -0.4 is 9.62 Å². The lowest BCUT2D eigenvalue weighted by atomic mass is 10.1. The summed E-state index contributed by atoms with van der Waals surface area (Å²) >= 11 is 0. The Morgan fingerprint density at radius 2 is 1.83 bits per heavy atom. The molecule has 122 valence electrons. The van der Waals surface area contributed by atoms with Crippen LogP contribution >= 0.6 is 0 Å². The molecule has 0 aliphatic carbocycles. The molecule has 0 bridgehead atoms. The molecule has 23 heavy (non-hydrogen) atoms. The number of carbonyl (C=O) groups excluding carboxylic acids is 1. The minimum absolute atomic E-state index is 0.00780. The van der Waals surface area contributed by atoms with Gasteiger partial charge in [-0.1, -0.05) is 31.2 Å². The van der Waals surface area contributed by atoms with Crippen molar-refractivity contribution in [1.82, 2.24) is 5.32 Å². The standard InChI is InChI=1S/C17H20N2O3S/c1-4-11(2)18-17(20)12(3)19-14-9-5-7-13-8-6-10-15(16(13)14)23(19,21)22/h5-12H,4H2,1-3H3,(H,18,20)/t11-,12-/m1/s1. The van der Waals surface area contributed by atoms with E-state index in [-0.39, 0.29) is 16.8 Å². The van der Waals surface area contributed by atoms with Crippen molar-refractivity contribution in [3.8, 4) is 0 Å². The molecule has 0 unspecified atom stereocenters. The van der Waals surface area contributed by atoms with Crippen LogP contribution in [0.5, 0.6) is 0 Å². The van der Waals surface area contributed by atoms with E-state index in [0.29, 0.717) is 11.1 Å². The zero-order valence-corrected chi connectivity index (χ0v) is 14.2. The summed E-state index contributed by atoms with van der Waals surface area (Å²) < 4.78 is 27.1. The first-order valence-corrected chi connectivity index (χ1v) is 9.18. The molecular formula is C17H20N2O3S. The molecule has 0 saturated carbocycles. The van der Waals surface area contributed by atoms with Gasteiger partial charge in [-0.05, 0) is 37.8 Å². The Bertz CT molecular complexity index is 871. The second kappa shape index (κ2) is 5.53. The number of carbonyl (C=O) groups is 1. The van der Waals surface area contributed by atoms with E-state index in [1.165, 1.54) is 4.31 Å². The highest BCUT2D eigenvalue weighted by molar-refractivity contribution is 7.93. The number of amides is 1. The van der Waals surface area contributed by atoms with E-state index in [4.69, 9.17) is 0 Å². The zero-order valence-electron chi connectivity index (χ0n) is 13.4. The minimum atomic E-state index is -3.71. The number of hydrogen-bond donors (Lipinski definition) is 1. The topological polar surface area (TPSA) is 66.5 Å². The molecule has 1 aliphatic rings. The fourth-order valence-electron chi connectivity index (χ4n) is 2.91. The average molecular weight is 332 g/mol. The first-order chi connectivity index (χ1) is 10.9. The summed E-state index contributed by atoms with van der Waals surface area (Å²) in [6, 6.07) is 9.86. The van der Waals surface area contributed by atoms with E-state index in [1.807, 2.05) is 32.0 Å². The van der Waals surface area contributed by atoms with E-state index in [1.54, 1.807) is 25.1 Å². The van der Waals surface area contributed by atoms with E-state index in [2.05, 4.69) is 5.32 Å². The van der Waals surface area contributed by atoms with Crippen LogP contribution in [0.25, 0.3) is 10.8 Å². The molecule has 0 fully saturated rings. The van der Waals surface area contributed by atoms with Crippen molar-refractivity contribution in [3.63, 3.8) is 0 Å². The van der Waals surface area contributed by atoms with Crippen LogP contribution in [0.15, 0.2) is 41.3 Å². The fraction of sp³-hybridized carbons (Fsp3) is 0.353. The number of rotatable bonds is 4. The molecule has 1 aliphatic heterocycles. The minimum Gasteiger partial charge on any atom is -0.352 e. The Hall–Kier alpha value is -2.08. The number of sulfonamides is 1. The molecule has 0 radical (unpaired) electrons. The summed E-state index contributed by atoms with van der Waals surface area (Å²) in [5.41, 5.74) is 0.574. The zero-order chi connectivity index (χ0) is 16.8. The van der Waals surface area contributed by atoms with Crippen molar-refractivity contribution in [1.29, 1.82) is 0 Å². The summed E-state index contributed by atoms with van der Waals surface area (Å²) in [5, 5.41) is 4.41. The Balaban J connectivity index is 2.08. The molecule has 1 amide bonds. The quantitative estimate of drug-likeness (QED) is 0.936. The number of anilines is 1. The van der Waals surface area contributed by atoms with Crippen molar-refractivity contribution < 1.29 is 13.2 Å². The van der Waals surface area contributed by atoms with Crippen LogP contribution in [-0.4, -0.2) is 26.4 Å². The van der Waals surface area contributed by atoms with Crippen molar-refractivity contribution >= 4 is 32.4 Å². The van der Waals surface area contributed by atoms with Crippen molar-refractivity contribution in [2.45, 2.75) is 44.2 Å². The summed E-state index contributed by atoms with van der Waals surface area (Å²) in [5.74, 6) is -0.285. The van der Waals surface area contributed by atoms with Crippen LogP contribution in [-0.2, 0) is 14.8 Å². The van der Waals surface area contributed by atoms with Gasteiger partial charge in [0.25, 0.3) is 10.0 Å². The molecule has 6 heteroatoms. The molecular weight excluding hydrogens is 312 g/mol. The highest BCUT2D eigenvalue weighted by Gasteiger charge is 2.40. The number of benzene rings is 2. The molecule has 1 N–H and O–H groups in total. The second-order valence-corrected chi connectivity index (χ2v) is 7.71. The molecule has 2 aromatic rings. The van der Waals surface area contributed by atoms with Crippen LogP contribution in [0.2, 0.25) is 0 Å². The third kappa shape index (κ3) is 2.37. The molecule has 1 heterocycles. The van der Waals surface area contributed by atoms with Crippen LogP contribution in [0.1, 0.15) is 27.2 Å². The predicted molar refractivity (Wildman–Crippen MR) is 91.0 cm³/mol. The van der Waals surface area contributed by atoms with E-state index >= 15 is 0 Å². The van der Waals surface area contributed by atoms with E-state index in [9.17, 15) is 13.2 Å². The first kappa shape index (κ1) is 15.8. The highest BCUT2D eigenvalue weighted by atomic mass is 32.2. The van der Waals surface area contributed by atoms with Crippen LogP contribution in [0.4, 0.5) is 5.69 Å². The van der Waals surface area contributed by atoms with Gasteiger partial charge in [-0.25, -0.2) is 8.42 Å². The summed E-state index contributed by atoms with van der Waals surface area (Å²) in [6.07, 6.45) is 0.793. The monoisotopic (exact) mass is 332 g/mol. The molecule has 0 spiro atoms. The second-order valence-electron chi connectivity index (χ2n) is 5.93. The summed E-state index contributed by atoms with van der Waals surface area (Å²) in [4.78, 5) is 12.7. The Morgan fingerprint density at radius 1 is 1.17 bits per heavy atom. The number of hydrogen-bond acceptors (Lipinski definition) is 3. The van der Waals surface area contributed by atoms with Gasteiger partial charge in [0.1, 0.15) is 6.04 Å². The third-order valence-electron chi connectivity index (χ3n) is 4.35. The number of nitrogens with zero attached hydrogens (tertiary/aromatic N) is 1. The third-order valence-corrected chi connectivity index (χ3v) is 6.28. The average Bonchev–Trinajstić information content (AvgIpc) is 2.76. The van der Waals surface area contributed by atoms with Crippen molar-refractivity contribution in [2.24, 2.45) is 0 Å². The predicted octanol–water partition coefficient (Wildman–Crippen LogP) is 2.65. The maximum absolute atomic E-state index is 12.9. The van der Waals surface area contributed by atoms with Gasteiger partial charge in [-0.15, -0.1) is 0 Å². The maximum Gasteiger partial charge on any atom is 0.265 e. The van der Waals surface area contributed by atoms with Gasteiger partial charge in [-0.3, -0.25) is 9.10 Å². The van der Waals surface area contributed by atoms with Gasteiger partial charge in [0.15, 0.2) is 0 Å². The Labute approximate surface area is 136 Å². The highest BCUT2D eigenvalue weighted by Crippen LogP contribution is 2.43. The van der Waals surface area contributed by atoms with Crippen molar-refractivity contribution in [2.75, 3.05) is 4.31 Å². The van der Waals surface area contributed by atoms with Crippen LogP contribution in [0, 0.1) is 0 Å². The van der Waals surface area contributed by atoms with Gasteiger partial charge in [0.2, 0.25) is 5.91 Å². The molecule has 2 atom stereocenters. The lowest BCUT2D eigenvalue weighted by molar-refractivity contribution is -0.122. The SMILES string of the molecule is CC[C@@H](C)NC(=O)[C@@H](C)N1c2cccc3cccc(c23)S1(=O)=O. The smallest absolute Gasteiger partial charge is 0.265 e. The first-order valence-electron chi connectivity index (χ1n) is 7.74. The van der Waals surface area contributed by atoms with Gasteiger partial charge in [0.05, 0.1) is 10.6 Å². The van der Waals surface area contributed by atoms with Gasteiger partial charge >= 0.3 is 0 Å². The van der Waals surface area contributed by atoms with Crippen LogP contribution in [0.3, 0.4) is 0 Å².